The molecular weight excluding hydrogens is 254 g/mol. The van der Waals surface area contributed by atoms with Crippen LogP contribution in [-0.2, 0) is 4.79 Å². The second kappa shape index (κ2) is 10.0. The summed E-state index contributed by atoms with van der Waals surface area (Å²) < 4.78 is 0. The van der Waals surface area contributed by atoms with Crippen molar-refractivity contribution in [1.82, 2.24) is 10.6 Å². The molecule has 6 nitrogen and oxygen atoms in total. The van der Waals surface area contributed by atoms with Gasteiger partial charge in [0.2, 0.25) is 5.91 Å². The number of urea groups is 1. The molecule has 0 bridgehead atoms. The van der Waals surface area contributed by atoms with Gasteiger partial charge in [-0.1, -0.05) is 6.92 Å². The molecule has 106 valence electrons. The van der Waals surface area contributed by atoms with E-state index in [0.29, 0.717) is 12.8 Å². The maximum atomic E-state index is 12.0. The third-order valence-corrected chi connectivity index (χ3v) is 3.20. The van der Waals surface area contributed by atoms with Crippen LogP contribution in [0.15, 0.2) is 0 Å². The number of aliphatic hydroxyl groups excluding tert-OH is 1. The van der Waals surface area contributed by atoms with Gasteiger partial charge >= 0.3 is 6.03 Å². The predicted molar refractivity (Wildman–Crippen MR) is 73.4 cm³/mol. The molecule has 2 atom stereocenters. The van der Waals surface area contributed by atoms with Gasteiger partial charge < -0.3 is 21.5 Å². The molecule has 0 aromatic carbocycles. The summed E-state index contributed by atoms with van der Waals surface area (Å²) in [5.74, 6) is 0.512. The molecule has 0 heterocycles. The van der Waals surface area contributed by atoms with Crippen LogP contribution in [0, 0.1) is 0 Å². The monoisotopic (exact) mass is 277 g/mol. The van der Waals surface area contributed by atoms with E-state index in [-0.39, 0.29) is 18.6 Å². The Morgan fingerprint density at radius 3 is 2.44 bits per heavy atom. The number of nitrogens with one attached hydrogen (secondary N) is 2. The molecule has 0 fully saturated rings. The Kier molecular flexibility index (Phi) is 9.49. The van der Waals surface area contributed by atoms with E-state index < -0.39 is 12.1 Å². The molecular formula is C11H23N3O3S. The Bertz CT molecular complexity index is 264. The number of amides is 3. The van der Waals surface area contributed by atoms with Gasteiger partial charge in [-0.05, 0) is 31.3 Å². The van der Waals surface area contributed by atoms with Crippen molar-refractivity contribution in [2.45, 2.75) is 38.3 Å². The van der Waals surface area contributed by atoms with E-state index >= 15 is 0 Å². The molecule has 0 aliphatic heterocycles. The minimum absolute atomic E-state index is 0.0253. The molecule has 3 amide bonds. The van der Waals surface area contributed by atoms with Gasteiger partial charge in [-0.25, -0.2) is 4.79 Å². The molecule has 0 spiro atoms. The Hall–Kier alpha value is -0.950. The van der Waals surface area contributed by atoms with E-state index in [1.54, 1.807) is 11.8 Å². The maximum Gasteiger partial charge on any atom is 0.312 e. The van der Waals surface area contributed by atoms with Gasteiger partial charge in [-0.3, -0.25) is 4.79 Å². The average Bonchev–Trinajstić information content (AvgIpc) is 2.33. The first kappa shape index (κ1) is 17.1. The number of nitrogens with two attached hydrogens (primary N) is 1. The van der Waals surface area contributed by atoms with Crippen LogP contribution in [0.4, 0.5) is 4.79 Å². The van der Waals surface area contributed by atoms with Crippen LogP contribution in [0.2, 0.25) is 0 Å². The predicted octanol–water partition coefficient (Wildman–Crippen LogP) is 0.0536. The molecule has 0 saturated carbocycles. The number of primary amides is 1. The van der Waals surface area contributed by atoms with Crippen molar-refractivity contribution in [3.63, 3.8) is 0 Å². The lowest BCUT2D eigenvalue weighted by molar-refractivity contribution is -0.123. The van der Waals surface area contributed by atoms with Crippen molar-refractivity contribution in [2.75, 3.05) is 18.6 Å². The van der Waals surface area contributed by atoms with Gasteiger partial charge in [0.15, 0.2) is 0 Å². The highest BCUT2D eigenvalue weighted by molar-refractivity contribution is 7.98. The summed E-state index contributed by atoms with van der Waals surface area (Å²) in [6, 6.07) is -1.39. The maximum absolute atomic E-state index is 12.0. The first-order valence-electron chi connectivity index (χ1n) is 6.01. The highest BCUT2D eigenvalue weighted by Gasteiger charge is 2.21. The van der Waals surface area contributed by atoms with Gasteiger partial charge in [-0.2, -0.15) is 11.8 Å². The summed E-state index contributed by atoms with van der Waals surface area (Å²) in [6.07, 6.45) is 3.71. The van der Waals surface area contributed by atoms with Crippen LogP contribution >= 0.6 is 11.8 Å². The lowest BCUT2D eigenvalue weighted by Crippen LogP contribution is -2.51. The minimum atomic E-state index is -0.702. The number of thioether (sulfide) groups is 1. The molecule has 7 heteroatoms. The molecule has 2 unspecified atom stereocenters. The number of aliphatic hydroxyl groups is 1. The van der Waals surface area contributed by atoms with Gasteiger partial charge in [0.05, 0.1) is 0 Å². The quantitative estimate of drug-likeness (QED) is 0.478. The topological polar surface area (TPSA) is 104 Å². The second-order valence-corrected chi connectivity index (χ2v) is 4.95. The average molecular weight is 277 g/mol. The number of carbonyl (C=O) groups excluding carboxylic acids is 2. The smallest absolute Gasteiger partial charge is 0.312 e. The van der Waals surface area contributed by atoms with Crippen LogP contribution in [-0.4, -0.2) is 47.7 Å². The van der Waals surface area contributed by atoms with Crippen LogP contribution in [0.3, 0.4) is 0 Å². The zero-order valence-electron chi connectivity index (χ0n) is 10.9. The van der Waals surface area contributed by atoms with Crippen molar-refractivity contribution in [3.05, 3.63) is 0 Å². The first-order valence-corrected chi connectivity index (χ1v) is 7.40. The Balaban J connectivity index is 4.37. The highest BCUT2D eigenvalue weighted by atomic mass is 32.2. The third kappa shape index (κ3) is 7.39. The van der Waals surface area contributed by atoms with Crippen LogP contribution in [0.25, 0.3) is 0 Å². The van der Waals surface area contributed by atoms with E-state index in [1.807, 2.05) is 13.2 Å². The van der Waals surface area contributed by atoms with E-state index in [0.717, 1.165) is 12.2 Å². The fraction of sp³-hybridized carbons (Fsp3) is 0.818. The molecule has 0 aromatic rings. The van der Waals surface area contributed by atoms with Gasteiger partial charge in [0.25, 0.3) is 0 Å². The van der Waals surface area contributed by atoms with Crippen LogP contribution < -0.4 is 16.4 Å². The number of hydrogen-bond donors (Lipinski definition) is 4. The summed E-state index contributed by atoms with van der Waals surface area (Å²) in [4.78, 5) is 22.8. The third-order valence-electron chi connectivity index (χ3n) is 2.56. The van der Waals surface area contributed by atoms with Gasteiger partial charge in [0, 0.05) is 12.6 Å². The van der Waals surface area contributed by atoms with Crippen LogP contribution in [0.1, 0.15) is 26.2 Å². The van der Waals surface area contributed by atoms with Crippen molar-refractivity contribution in [3.8, 4) is 0 Å². The van der Waals surface area contributed by atoms with Crippen molar-refractivity contribution >= 4 is 23.7 Å². The summed E-state index contributed by atoms with van der Waals surface area (Å²) in [7, 11) is 0. The first-order chi connectivity index (χ1) is 8.54. The zero-order valence-corrected chi connectivity index (χ0v) is 11.8. The molecule has 0 rings (SSSR count). The largest absolute Gasteiger partial charge is 0.396 e. The van der Waals surface area contributed by atoms with Crippen molar-refractivity contribution < 1.29 is 14.7 Å². The standard InChI is InChI=1S/C11H23N3O3S/c1-3-8(4-6-15)13-10(16)9(5-7-18-2)14-11(12)17/h8-9,15H,3-7H2,1-2H3,(H,13,16)(H3,12,14,17). The molecule has 0 saturated heterocycles. The number of hydrogen-bond acceptors (Lipinski definition) is 4. The van der Waals surface area contributed by atoms with Crippen LogP contribution in [0.5, 0.6) is 0 Å². The van der Waals surface area contributed by atoms with Crippen molar-refractivity contribution in [1.29, 1.82) is 0 Å². The van der Waals surface area contributed by atoms with Gasteiger partial charge in [0.1, 0.15) is 6.04 Å². The highest BCUT2D eigenvalue weighted by Crippen LogP contribution is 2.03. The summed E-state index contributed by atoms with van der Waals surface area (Å²) >= 11 is 1.60. The molecule has 0 radical (unpaired) electrons. The fourth-order valence-electron chi connectivity index (χ4n) is 1.51. The van der Waals surface area contributed by atoms with E-state index in [9.17, 15) is 9.59 Å². The van der Waals surface area contributed by atoms with Gasteiger partial charge in [-0.15, -0.1) is 0 Å². The Morgan fingerprint density at radius 1 is 1.33 bits per heavy atom. The number of rotatable bonds is 9. The minimum Gasteiger partial charge on any atom is -0.396 e. The molecule has 0 aliphatic carbocycles. The van der Waals surface area contributed by atoms with E-state index in [4.69, 9.17) is 10.8 Å². The normalized spacial score (nSPS) is 13.7. The Morgan fingerprint density at radius 2 is 2.00 bits per heavy atom. The zero-order chi connectivity index (χ0) is 14.0. The lowest BCUT2D eigenvalue weighted by atomic mass is 10.1. The SMILES string of the molecule is CCC(CCO)NC(=O)C(CCSC)NC(N)=O. The number of carbonyl (C=O) groups is 2. The summed E-state index contributed by atoms with van der Waals surface area (Å²) in [5, 5.41) is 14.1. The Labute approximate surface area is 112 Å². The van der Waals surface area contributed by atoms with Crippen molar-refractivity contribution in [2.24, 2.45) is 5.73 Å². The molecule has 0 aromatic heterocycles. The fourth-order valence-corrected chi connectivity index (χ4v) is 1.98. The lowest BCUT2D eigenvalue weighted by Gasteiger charge is -2.21. The molecule has 0 aliphatic rings. The summed E-state index contributed by atoms with van der Waals surface area (Å²) in [5.41, 5.74) is 5.05. The summed E-state index contributed by atoms with van der Waals surface area (Å²) in [6.45, 7) is 1.95. The molecule has 5 N–H and O–H groups in total. The van der Waals surface area contributed by atoms with E-state index in [2.05, 4.69) is 10.6 Å². The second-order valence-electron chi connectivity index (χ2n) is 3.97. The van der Waals surface area contributed by atoms with E-state index in [1.165, 1.54) is 0 Å². The molecule has 18 heavy (non-hydrogen) atoms.